The SMILES string of the molecule is O=C(NCC1Cc2ccccc2O1)c1ccc(C2SCCS2)cc1. The van der Waals surface area contributed by atoms with Crippen LogP contribution in [0.5, 0.6) is 5.75 Å². The van der Waals surface area contributed by atoms with Gasteiger partial charge in [0.1, 0.15) is 11.9 Å². The molecule has 2 aliphatic heterocycles. The molecule has 0 radical (unpaired) electrons. The summed E-state index contributed by atoms with van der Waals surface area (Å²) in [6.07, 6.45) is 0.878. The molecule has 124 valence electrons. The molecule has 0 aromatic heterocycles. The lowest BCUT2D eigenvalue weighted by Gasteiger charge is -2.13. The van der Waals surface area contributed by atoms with Gasteiger partial charge in [0.2, 0.25) is 0 Å². The van der Waals surface area contributed by atoms with Crippen LogP contribution in [0.3, 0.4) is 0 Å². The van der Waals surface area contributed by atoms with Crippen LogP contribution in [0, 0.1) is 0 Å². The van der Waals surface area contributed by atoms with Crippen LogP contribution in [0.4, 0.5) is 0 Å². The Morgan fingerprint density at radius 1 is 1.08 bits per heavy atom. The topological polar surface area (TPSA) is 38.3 Å². The molecule has 3 nitrogen and oxygen atoms in total. The van der Waals surface area contributed by atoms with Gasteiger partial charge in [-0.2, -0.15) is 0 Å². The van der Waals surface area contributed by atoms with Crippen molar-refractivity contribution in [3.63, 3.8) is 0 Å². The van der Waals surface area contributed by atoms with Crippen LogP contribution in [-0.4, -0.2) is 30.1 Å². The lowest BCUT2D eigenvalue weighted by atomic mass is 10.1. The fourth-order valence-electron chi connectivity index (χ4n) is 3.02. The van der Waals surface area contributed by atoms with E-state index >= 15 is 0 Å². The highest BCUT2D eigenvalue weighted by molar-refractivity contribution is 8.19. The first kappa shape index (κ1) is 15.9. The second-order valence-corrected chi connectivity index (χ2v) is 8.68. The third-order valence-corrected chi connectivity index (χ3v) is 7.38. The van der Waals surface area contributed by atoms with E-state index < -0.39 is 0 Å². The Balaban J connectivity index is 1.32. The summed E-state index contributed by atoms with van der Waals surface area (Å²) in [6.45, 7) is 0.531. The number of ether oxygens (including phenoxy) is 1. The largest absolute Gasteiger partial charge is 0.488 e. The van der Waals surface area contributed by atoms with Crippen molar-refractivity contribution >= 4 is 29.4 Å². The monoisotopic (exact) mass is 357 g/mol. The zero-order chi connectivity index (χ0) is 16.4. The molecule has 0 bridgehead atoms. The van der Waals surface area contributed by atoms with Crippen LogP contribution >= 0.6 is 23.5 Å². The average Bonchev–Trinajstić information content (AvgIpc) is 3.29. The number of benzene rings is 2. The highest BCUT2D eigenvalue weighted by Crippen LogP contribution is 2.45. The van der Waals surface area contributed by atoms with Crippen LogP contribution in [-0.2, 0) is 6.42 Å². The molecular weight excluding hydrogens is 338 g/mol. The van der Waals surface area contributed by atoms with E-state index in [2.05, 4.69) is 23.5 Å². The minimum Gasteiger partial charge on any atom is -0.488 e. The summed E-state index contributed by atoms with van der Waals surface area (Å²) >= 11 is 3.95. The van der Waals surface area contributed by atoms with Crippen LogP contribution in [0.1, 0.15) is 26.1 Å². The second-order valence-electron chi connectivity index (χ2n) is 5.96. The van der Waals surface area contributed by atoms with Crippen molar-refractivity contribution < 1.29 is 9.53 Å². The maximum atomic E-state index is 12.3. The quantitative estimate of drug-likeness (QED) is 0.901. The van der Waals surface area contributed by atoms with Gasteiger partial charge in [-0.1, -0.05) is 30.3 Å². The Bertz CT molecular complexity index is 701. The van der Waals surface area contributed by atoms with Crippen LogP contribution < -0.4 is 10.1 Å². The first-order chi connectivity index (χ1) is 11.8. The maximum absolute atomic E-state index is 12.3. The number of hydrogen-bond donors (Lipinski definition) is 1. The van der Waals surface area contributed by atoms with Crippen molar-refractivity contribution in [2.24, 2.45) is 0 Å². The molecule has 1 atom stereocenters. The first-order valence-corrected chi connectivity index (χ1v) is 10.3. The predicted molar refractivity (Wildman–Crippen MR) is 101 cm³/mol. The highest BCUT2D eigenvalue weighted by atomic mass is 32.2. The lowest BCUT2D eigenvalue weighted by Crippen LogP contribution is -2.34. The van der Waals surface area contributed by atoms with Crippen LogP contribution in [0.2, 0.25) is 0 Å². The molecule has 1 saturated heterocycles. The number of nitrogens with one attached hydrogen (secondary N) is 1. The van der Waals surface area contributed by atoms with Gasteiger partial charge in [-0.15, -0.1) is 23.5 Å². The van der Waals surface area contributed by atoms with E-state index in [-0.39, 0.29) is 12.0 Å². The first-order valence-electron chi connectivity index (χ1n) is 8.15. The zero-order valence-electron chi connectivity index (χ0n) is 13.2. The molecule has 2 aliphatic rings. The van der Waals surface area contributed by atoms with Crippen molar-refractivity contribution in [1.29, 1.82) is 0 Å². The normalized spacial score (nSPS) is 19.8. The van der Waals surface area contributed by atoms with E-state index in [0.717, 1.165) is 12.2 Å². The van der Waals surface area contributed by atoms with E-state index in [4.69, 9.17) is 4.74 Å². The van der Waals surface area contributed by atoms with Crippen LogP contribution in [0.15, 0.2) is 48.5 Å². The molecule has 2 aromatic carbocycles. The van der Waals surface area contributed by atoms with Crippen molar-refractivity contribution in [2.45, 2.75) is 17.1 Å². The van der Waals surface area contributed by atoms with E-state index in [0.29, 0.717) is 16.7 Å². The number of carbonyl (C=O) groups excluding carboxylic acids is 1. The van der Waals surface area contributed by atoms with E-state index in [1.807, 2.05) is 53.9 Å². The fourth-order valence-corrected chi connectivity index (χ4v) is 5.88. The molecule has 5 heteroatoms. The Morgan fingerprint density at radius 2 is 1.83 bits per heavy atom. The molecule has 0 spiro atoms. The number of para-hydroxylation sites is 1. The fraction of sp³-hybridized carbons (Fsp3) is 0.316. The third-order valence-electron chi connectivity index (χ3n) is 4.27. The van der Waals surface area contributed by atoms with Gasteiger partial charge in [-0.25, -0.2) is 0 Å². The molecule has 1 N–H and O–H groups in total. The average molecular weight is 358 g/mol. The van der Waals surface area contributed by atoms with Gasteiger partial charge in [0, 0.05) is 23.5 Å². The molecule has 1 unspecified atom stereocenters. The minimum absolute atomic E-state index is 0.0249. The Hall–Kier alpha value is -1.59. The summed E-state index contributed by atoms with van der Waals surface area (Å²) in [6, 6.07) is 16.1. The molecule has 2 aromatic rings. The van der Waals surface area contributed by atoms with E-state index in [1.54, 1.807) is 0 Å². The number of thioether (sulfide) groups is 2. The summed E-state index contributed by atoms with van der Waals surface area (Å²) in [5, 5.41) is 2.99. The van der Waals surface area contributed by atoms with Gasteiger partial charge in [0.15, 0.2) is 0 Å². The number of carbonyl (C=O) groups is 1. The minimum atomic E-state index is -0.0344. The Morgan fingerprint density at radius 3 is 2.58 bits per heavy atom. The predicted octanol–water partition coefficient (Wildman–Crippen LogP) is 3.90. The molecule has 4 rings (SSSR count). The van der Waals surface area contributed by atoms with Crippen molar-refractivity contribution in [1.82, 2.24) is 5.32 Å². The van der Waals surface area contributed by atoms with Gasteiger partial charge in [-0.05, 0) is 29.3 Å². The Kier molecular flexibility index (Phi) is 4.72. The molecule has 24 heavy (non-hydrogen) atoms. The standard InChI is InChI=1S/C19H19NO2S2/c21-18(13-5-7-14(8-6-13)19-23-9-10-24-19)20-12-16-11-15-3-1-2-4-17(15)22-16/h1-8,16,19H,9-12H2,(H,20,21). The summed E-state index contributed by atoms with van der Waals surface area (Å²) in [5.74, 6) is 3.32. The summed E-state index contributed by atoms with van der Waals surface area (Å²) in [7, 11) is 0. The van der Waals surface area contributed by atoms with Crippen LogP contribution in [0.25, 0.3) is 0 Å². The molecule has 0 saturated carbocycles. The van der Waals surface area contributed by atoms with Gasteiger partial charge in [0.05, 0.1) is 11.1 Å². The summed E-state index contributed by atoms with van der Waals surface area (Å²) < 4.78 is 6.38. The van der Waals surface area contributed by atoms with E-state index in [1.165, 1.54) is 22.6 Å². The molecule has 2 heterocycles. The van der Waals surface area contributed by atoms with Crippen molar-refractivity contribution in [3.05, 3.63) is 65.2 Å². The number of fused-ring (bicyclic) bond motifs is 1. The summed E-state index contributed by atoms with van der Waals surface area (Å²) in [4.78, 5) is 12.3. The maximum Gasteiger partial charge on any atom is 0.251 e. The van der Waals surface area contributed by atoms with Gasteiger partial charge < -0.3 is 10.1 Å². The third kappa shape index (κ3) is 3.42. The summed E-state index contributed by atoms with van der Waals surface area (Å²) in [5.41, 5.74) is 3.23. The smallest absolute Gasteiger partial charge is 0.251 e. The van der Waals surface area contributed by atoms with Crippen molar-refractivity contribution in [2.75, 3.05) is 18.1 Å². The second kappa shape index (κ2) is 7.11. The molecule has 1 fully saturated rings. The molecule has 0 aliphatic carbocycles. The number of rotatable bonds is 4. The van der Waals surface area contributed by atoms with Gasteiger partial charge in [-0.3, -0.25) is 4.79 Å². The molecule has 1 amide bonds. The van der Waals surface area contributed by atoms with Gasteiger partial charge in [0.25, 0.3) is 5.91 Å². The van der Waals surface area contributed by atoms with E-state index in [9.17, 15) is 4.79 Å². The zero-order valence-corrected chi connectivity index (χ0v) is 14.9. The van der Waals surface area contributed by atoms with Crippen molar-refractivity contribution in [3.8, 4) is 5.75 Å². The Labute approximate surface area is 150 Å². The highest BCUT2D eigenvalue weighted by Gasteiger charge is 2.23. The number of amides is 1. The lowest BCUT2D eigenvalue weighted by molar-refractivity contribution is 0.0933. The molecular formula is C19H19NO2S2. The van der Waals surface area contributed by atoms with Gasteiger partial charge >= 0.3 is 0 Å². The number of hydrogen-bond acceptors (Lipinski definition) is 4.